The number of thiazole rings is 1. The molecule has 0 aliphatic heterocycles. The minimum absolute atomic E-state index is 0.00152. The Morgan fingerprint density at radius 3 is 2.46 bits per heavy atom. The number of aromatic nitrogens is 1. The van der Waals surface area contributed by atoms with Crippen molar-refractivity contribution in [2.75, 3.05) is 6.54 Å². The molecule has 6 heteroatoms. The van der Waals surface area contributed by atoms with Crippen LogP contribution in [-0.4, -0.2) is 22.5 Å². The van der Waals surface area contributed by atoms with Crippen molar-refractivity contribution in [1.29, 1.82) is 0 Å². The molecule has 1 heterocycles. The number of hydrogen-bond donors (Lipinski definition) is 3. The summed E-state index contributed by atoms with van der Waals surface area (Å²) in [7, 11) is 0. The zero-order valence-electron chi connectivity index (χ0n) is 15.4. The lowest BCUT2D eigenvalue weighted by Gasteiger charge is -2.05. The summed E-state index contributed by atoms with van der Waals surface area (Å²) in [5.41, 5.74) is 3.22. The molecule has 3 N–H and O–H groups in total. The molecule has 0 atom stereocenters. The summed E-state index contributed by atoms with van der Waals surface area (Å²) in [6, 6.07) is 17.8. The average Bonchev–Trinajstić information content (AvgIpc) is 3.01. The standard InChI is InChI=1S/C22H22N2O3S/c25-20(8-4-7-16-5-2-1-3-6-16)23-14-13-17-9-11-18(12-10-17)15-19-21(26)24-22(27)28-19/h1-7,9-12,26H,8,13-15H2,(H,23,25)(H,24,27). The molecule has 3 rings (SSSR count). The van der Waals surface area contributed by atoms with Gasteiger partial charge in [-0.05, 0) is 23.1 Å². The first-order valence-corrected chi connectivity index (χ1v) is 9.89. The first-order valence-electron chi connectivity index (χ1n) is 9.07. The van der Waals surface area contributed by atoms with Gasteiger partial charge in [-0.3, -0.25) is 14.6 Å². The van der Waals surface area contributed by atoms with Gasteiger partial charge >= 0.3 is 4.87 Å². The highest BCUT2D eigenvalue weighted by atomic mass is 32.1. The van der Waals surface area contributed by atoms with Crippen LogP contribution in [0.1, 0.15) is 28.0 Å². The van der Waals surface area contributed by atoms with Crippen LogP contribution in [0.3, 0.4) is 0 Å². The summed E-state index contributed by atoms with van der Waals surface area (Å²) in [4.78, 5) is 25.9. The van der Waals surface area contributed by atoms with E-state index in [1.165, 1.54) is 0 Å². The highest BCUT2D eigenvalue weighted by Crippen LogP contribution is 2.20. The molecule has 0 aliphatic carbocycles. The average molecular weight is 394 g/mol. The van der Waals surface area contributed by atoms with Gasteiger partial charge in [0.15, 0.2) is 0 Å². The lowest BCUT2D eigenvalue weighted by Crippen LogP contribution is -2.24. The van der Waals surface area contributed by atoms with Crippen molar-refractivity contribution in [1.82, 2.24) is 10.3 Å². The molecule has 5 nitrogen and oxygen atoms in total. The summed E-state index contributed by atoms with van der Waals surface area (Å²) in [5.74, 6) is -0.0512. The quantitative estimate of drug-likeness (QED) is 0.547. The monoisotopic (exact) mass is 394 g/mol. The fourth-order valence-electron chi connectivity index (χ4n) is 2.77. The Hall–Kier alpha value is -3.12. The Labute approximate surface area is 167 Å². The molecule has 0 bridgehead atoms. The maximum Gasteiger partial charge on any atom is 0.307 e. The fraction of sp³-hybridized carbons (Fsp3) is 0.182. The zero-order chi connectivity index (χ0) is 19.8. The van der Waals surface area contributed by atoms with Gasteiger partial charge in [-0.1, -0.05) is 78.1 Å². The lowest BCUT2D eigenvalue weighted by atomic mass is 10.1. The van der Waals surface area contributed by atoms with Gasteiger partial charge in [-0.15, -0.1) is 0 Å². The maximum absolute atomic E-state index is 11.9. The Morgan fingerprint density at radius 2 is 1.79 bits per heavy atom. The van der Waals surface area contributed by atoms with E-state index in [0.717, 1.165) is 34.4 Å². The van der Waals surface area contributed by atoms with Gasteiger partial charge in [0.05, 0.1) is 4.88 Å². The van der Waals surface area contributed by atoms with Crippen LogP contribution in [0.15, 0.2) is 65.5 Å². The predicted octanol–water partition coefficient (Wildman–Crippen LogP) is 3.50. The van der Waals surface area contributed by atoms with Crippen LogP contribution in [-0.2, 0) is 17.6 Å². The van der Waals surface area contributed by atoms with E-state index < -0.39 is 0 Å². The second kappa shape index (κ2) is 9.71. The summed E-state index contributed by atoms with van der Waals surface area (Å²) in [6.07, 6.45) is 5.43. The number of hydrogen-bond acceptors (Lipinski definition) is 4. The summed E-state index contributed by atoms with van der Waals surface area (Å²) >= 11 is 1.02. The summed E-state index contributed by atoms with van der Waals surface area (Å²) in [6.45, 7) is 0.581. The second-order valence-electron chi connectivity index (χ2n) is 6.40. The number of aromatic hydroxyl groups is 1. The van der Waals surface area contributed by atoms with Crippen molar-refractivity contribution in [3.05, 3.63) is 91.9 Å². The first kappa shape index (κ1) is 19.6. The minimum Gasteiger partial charge on any atom is -0.494 e. The lowest BCUT2D eigenvalue weighted by molar-refractivity contribution is -0.120. The Bertz CT molecular complexity index is 989. The van der Waals surface area contributed by atoms with Gasteiger partial charge in [0.1, 0.15) is 0 Å². The molecule has 3 aromatic rings. The van der Waals surface area contributed by atoms with E-state index in [2.05, 4.69) is 10.3 Å². The topological polar surface area (TPSA) is 82.2 Å². The van der Waals surface area contributed by atoms with E-state index in [1.54, 1.807) is 0 Å². The van der Waals surface area contributed by atoms with E-state index in [4.69, 9.17) is 0 Å². The van der Waals surface area contributed by atoms with E-state index in [0.29, 0.717) is 24.3 Å². The van der Waals surface area contributed by atoms with Crippen LogP contribution in [0.4, 0.5) is 0 Å². The zero-order valence-corrected chi connectivity index (χ0v) is 16.2. The molecule has 0 radical (unpaired) electrons. The van der Waals surface area contributed by atoms with Gasteiger partial charge < -0.3 is 10.4 Å². The second-order valence-corrected chi connectivity index (χ2v) is 7.46. The highest BCUT2D eigenvalue weighted by molar-refractivity contribution is 7.09. The molecule has 0 unspecified atom stereocenters. The third kappa shape index (κ3) is 5.96. The van der Waals surface area contributed by atoms with E-state index in [1.807, 2.05) is 66.7 Å². The first-order chi connectivity index (χ1) is 13.6. The molecule has 0 fully saturated rings. The summed E-state index contributed by atoms with van der Waals surface area (Å²) in [5, 5.41) is 12.6. The van der Waals surface area contributed by atoms with Crippen molar-refractivity contribution in [3.8, 4) is 5.88 Å². The maximum atomic E-state index is 11.9. The Kier molecular flexibility index (Phi) is 6.81. The van der Waals surface area contributed by atoms with Crippen LogP contribution in [0.25, 0.3) is 6.08 Å². The third-order valence-electron chi connectivity index (χ3n) is 4.24. The van der Waals surface area contributed by atoms with E-state index >= 15 is 0 Å². The molecular weight excluding hydrogens is 372 g/mol. The fourth-order valence-corrected chi connectivity index (χ4v) is 3.52. The molecule has 1 aromatic heterocycles. The number of aromatic amines is 1. The molecule has 2 aromatic carbocycles. The minimum atomic E-state index is -0.251. The normalized spacial score (nSPS) is 11.0. The summed E-state index contributed by atoms with van der Waals surface area (Å²) < 4.78 is 0. The van der Waals surface area contributed by atoms with Gasteiger partial charge in [0, 0.05) is 19.4 Å². The Balaban J connectivity index is 1.41. The van der Waals surface area contributed by atoms with Crippen LogP contribution in [0.2, 0.25) is 0 Å². The van der Waals surface area contributed by atoms with E-state index in [-0.39, 0.29) is 16.7 Å². The number of benzene rings is 2. The number of rotatable bonds is 8. The van der Waals surface area contributed by atoms with Crippen molar-refractivity contribution >= 4 is 23.3 Å². The molecule has 0 saturated carbocycles. The largest absolute Gasteiger partial charge is 0.494 e. The van der Waals surface area contributed by atoms with Gasteiger partial charge in [0.25, 0.3) is 0 Å². The number of nitrogens with one attached hydrogen (secondary N) is 2. The van der Waals surface area contributed by atoms with Crippen molar-refractivity contribution in [2.24, 2.45) is 0 Å². The number of carbonyl (C=O) groups is 1. The Morgan fingerprint density at radius 1 is 1.07 bits per heavy atom. The smallest absolute Gasteiger partial charge is 0.307 e. The number of amides is 1. The van der Waals surface area contributed by atoms with Crippen LogP contribution in [0, 0.1) is 0 Å². The number of carbonyl (C=O) groups excluding carboxylic acids is 1. The van der Waals surface area contributed by atoms with Crippen molar-refractivity contribution in [3.63, 3.8) is 0 Å². The van der Waals surface area contributed by atoms with Gasteiger partial charge in [0.2, 0.25) is 11.8 Å². The van der Waals surface area contributed by atoms with Crippen molar-refractivity contribution in [2.45, 2.75) is 19.3 Å². The predicted molar refractivity (Wildman–Crippen MR) is 113 cm³/mol. The molecular formula is C22H22N2O3S. The third-order valence-corrected chi connectivity index (χ3v) is 5.11. The molecule has 28 heavy (non-hydrogen) atoms. The van der Waals surface area contributed by atoms with Gasteiger partial charge in [-0.2, -0.15) is 0 Å². The van der Waals surface area contributed by atoms with Crippen LogP contribution in [0.5, 0.6) is 5.88 Å². The molecule has 1 amide bonds. The van der Waals surface area contributed by atoms with E-state index in [9.17, 15) is 14.7 Å². The van der Waals surface area contributed by atoms with Gasteiger partial charge in [-0.25, -0.2) is 0 Å². The SMILES string of the molecule is O=C(CC=Cc1ccccc1)NCCc1ccc(Cc2sc(=O)[nH]c2O)cc1. The molecule has 0 saturated heterocycles. The van der Waals surface area contributed by atoms with Crippen LogP contribution < -0.4 is 10.2 Å². The highest BCUT2D eigenvalue weighted by Gasteiger charge is 2.07. The van der Waals surface area contributed by atoms with Crippen LogP contribution >= 0.6 is 11.3 Å². The number of H-pyrrole nitrogens is 1. The molecule has 0 spiro atoms. The van der Waals surface area contributed by atoms with Crippen molar-refractivity contribution < 1.29 is 9.90 Å². The molecule has 0 aliphatic rings. The molecule has 144 valence electrons.